The van der Waals surface area contributed by atoms with Crippen molar-refractivity contribution in [1.82, 2.24) is 9.80 Å². The largest absolute Gasteiger partial charge is 0.366 e. The Labute approximate surface area is 92.4 Å². The van der Waals surface area contributed by atoms with E-state index in [9.17, 15) is 0 Å². The molecule has 0 aromatic carbocycles. The molecule has 86 valence electrons. The molecule has 0 amide bonds. The minimum Gasteiger partial charge on any atom is -0.366 e. The lowest BCUT2D eigenvalue weighted by Crippen LogP contribution is -2.70. The molecule has 3 heterocycles. The summed E-state index contributed by atoms with van der Waals surface area (Å²) in [6.07, 6.45) is 4.55. The van der Waals surface area contributed by atoms with Crippen LogP contribution in [0, 0.1) is 0 Å². The van der Waals surface area contributed by atoms with Crippen LogP contribution in [0.5, 0.6) is 0 Å². The van der Waals surface area contributed by atoms with Crippen molar-refractivity contribution in [3.8, 4) is 0 Å². The Bertz CT molecular complexity index is 254. The van der Waals surface area contributed by atoms with Crippen LogP contribution in [0.15, 0.2) is 0 Å². The molecule has 0 aromatic rings. The van der Waals surface area contributed by atoms with E-state index in [0.717, 1.165) is 19.6 Å². The number of nitrogens with zero attached hydrogens (tertiary/aromatic N) is 2. The van der Waals surface area contributed by atoms with Gasteiger partial charge >= 0.3 is 0 Å². The number of piperidine rings is 1. The zero-order valence-electron chi connectivity index (χ0n) is 9.91. The summed E-state index contributed by atoms with van der Waals surface area (Å²) < 4.78 is 6.27. The SMILES string of the molecule is CN1CC2CN3CCCC[C@H]3[C@@](C)(C1)O2. The predicted molar refractivity (Wildman–Crippen MR) is 60.0 cm³/mol. The Hall–Kier alpha value is -0.120. The molecule has 3 aliphatic rings. The van der Waals surface area contributed by atoms with Gasteiger partial charge in [-0.05, 0) is 33.4 Å². The van der Waals surface area contributed by atoms with Crippen molar-refractivity contribution in [3.63, 3.8) is 0 Å². The van der Waals surface area contributed by atoms with Gasteiger partial charge in [0, 0.05) is 25.7 Å². The molecule has 1 unspecified atom stereocenters. The number of likely N-dealkylation sites (N-methyl/N-ethyl adjacent to an activating group) is 1. The van der Waals surface area contributed by atoms with Crippen LogP contribution >= 0.6 is 0 Å². The number of rotatable bonds is 0. The van der Waals surface area contributed by atoms with Crippen LogP contribution < -0.4 is 0 Å². The molecule has 3 saturated heterocycles. The number of hydrogen-bond acceptors (Lipinski definition) is 3. The van der Waals surface area contributed by atoms with E-state index in [1.54, 1.807) is 0 Å². The van der Waals surface area contributed by atoms with E-state index < -0.39 is 0 Å². The maximum absolute atomic E-state index is 6.27. The van der Waals surface area contributed by atoms with Gasteiger partial charge in [-0.1, -0.05) is 6.42 Å². The third-order valence-electron chi connectivity index (χ3n) is 4.29. The topological polar surface area (TPSA) is 15.7 Å². The summed E-state index contributed by atoms with van der Waals surface area (Å²) in [5.74, 6) is 0. The van der Waals surface area contributed by atoms with Crippen molar-refractivity contribution < 1.29 is 4.74 Å². The summed E-state index contributed by atoms with van der Waals surface area (Å²) in [6, 6.07) is 0.672. The lowest BCUT2D eigenvalue weighted by molar-refractivity contribution is -0.223. The van der Waals surface area contributed by atoms with E-state index in [1.165, 1.54) is 25.8 Å². The van der Waals surface area contributed by atoms with Crippen molar-refractivity contribution in [2.75, 3.05) is 33.2 Å². The summed E-state index contributed by atoms with van der Waals surface area (Å²) >= 11 is 0. The maximum Gasteiger partial charge on any atom is 0.0939 e. The van der Waals surface area contributed by atoms with E-state index >= 15 is 0 Å². The molecule has 0 aromatic heterocycles. The molecule has 0 saturated carbocycles. The van der Waals surface area contributed by atoms with Crippen LogP contribution in [0.4, 0.5) is 0 Å². The maximum atomic E-state index is 6.27. The van der Waals surface area contributed by atoms with Gasteiger partial charge < -0.3 is 9.64 Å². The molecule has 3 nitrogen and oxygen atoms in total. The first-order valence-electron chi connectivity index (χ1n) is 6.28. The van der Waals surface area contributed by atoms with Gasteiger partial charge in [-0.25, -0.2) is 0 Å². The molecule has 3 rings (SSSR count). The minimum absolute atomic E-state index is 0.0936. The summed E-state index contributed by atoms with van der Waals surface area (Å²) in [4.78, 5) is 5.13. The van der Waals surface area contributed by atoms with Gasteiger partial charge in [0.05, 0.1) is 11.7 Å². The summed E-state index contributed by atoms with van der Waals surface area (Å²) in [6.45, 7) is 6.98. The average molecular weight is 210 g/mol. The molecular weight excluding hydrogens is 188 g/mol. The third-order valence-corrected chi connectivity index (χ3v) is 4.29. The summed E-state index contributed by atoms with van der Waals surface area (Å²) in [7, 11) is 2.23. The Morgan fingerprint density at radius 3 is 3.00 bits per heavy atom. The first kappa shape index (κ1) is 10.1. The van der Waals surface area contributed by atoms with E-state index in [0.29, 0.717) is 12.1 Å². The normalized spacial score (nSPS) is 47.6. The molecule has 3 heteroatoms. The first-order chi connectivity index (χ1) is 7.17. The highest BCUT2D eigenvalue weighted by molar-refractivity contribution is 5.02. The number of ether oxygens (including phenoxy) is 1. The molecule has 0 spiro atoms. The molecule has 3 aliphatic heterocycles. The van der Waals surface area contributed by atoms with Gasteiger partial charge in [0.1, 0.15) is 0 Å². The molecule has 0 N–H and O–H groups in total. The highest BCUT2D eigenvalue weighted by Gasteiger charge is 2.49. The van der Waals surface area contributed by atoms with Crippen molar-refractivity contribution in [2.45, 2.75) is 43.9 Å². The standard InChI is InChI=1S/C12H22N2O/c1-12-9-13(2)7-10(15-12)8-14-6-4-3-5-11(12)14/h10-11H,3-9H2,1-2H3/t10?,11-,12+/m0/s1. The van der Waals surface area contributed by atoms with E-state index in [2.05, 4.69) is 23.8 Å². The van der Waals surface area contributed by atoms with Gasteiger partial charge in [-0.2, -0.15) is 0 Å². The fourth-order valence-corrected chi connectivity index (χ4v) is 3.84. The van der Waals surface area contributed by atoms with Gasteiger partial charge in [0.15, 0.2) is 0 Å². The second-order valence-electron chi connectivity index (χ2n) is 5.76. The summed E-state index contributed by atoms with van der Waals surface area (Å²) in [5, 5.41) is 0. The fraction of sp³-hybridized carbons (Fsp3) is 1.00. The summed E-state index contributed by atoms with van der Waals surface area (Å²) in [5.41, 5.74) is 0.0936. The number of hydrogen-bond donors (Lipinski definition) is 0. The second kappa shape index (κ2) is 3.44. The van der Waals surface area contributed by atoms with Gasteiger partial charge in [-0.3, -0.25) is 4.90 Å². The van der Waals surface area contributed by atoms with Gasteiger partial charge in [0.25, 0.3) is 0 Å². The van der Waals surface area contributed by atoms with Crippen molar-refractivity contribution in [3.05, 3.63) is 0 Å². The van der Waals surface area contributed by atoms with Crippen LogP contribution in [0.3, 0.4) is 0 Å². The molecular formula is C12H22N2O. The van der Waals surface area contributed by atoms with E-state index in [1.807, 2.05) is 0 Å². The van der Waals surface area contributed by atoms with Crippen LogP contribution in [0.2, 0.25) is 0 Å². The zero-order valence-corrected chi connectivity index (χ0v) is 9.91. The van der Waals surface area contributed by atoms with E-state index in [-0.39, 0.29) is 5.60 Å². The lowest BCUT2D eigenvalue weighted by Gasteiger charge is -2.57. The molecule has 0 radical (unpaired) electrons. The van der Waals surface area contributed by atoms with E-state index in [4.69, 9.17) is 4.74 Å². The second-order valence-corrected chi connectivity index (χ2v) is 5.76. The Kier molecular flexibility index (Phi) is 2.31. The molecule has 3 atom stereocenters. The van der Waals surface area contributed by atoms with Gasteiger partial charge in [0.2, 0.25) is 0 Å². The Balaban J connectivity index is 1.85. The quantitative estimate of drug-likeness (QED) is 0.592. The zero-order chi connectivity index (χ0) is 10.5. The Morgan fingerprint density at radius 2 is 2.13 bits per heavy atom. The van der Waals surface area contributed by atoms with Crippen LogP contribution in [-0.2, 0) is 4.74 Å². The van der Waals surface area contributed by atoms with Crippen molar-refractivity contribution in [1.29, 1.82) is 0 Å². The van der Waals surface area contributed by atoms with Crippen molar-refractivity contribution in [2.24, 2.45) is 0 Å². The molecule has 3 fully saturated rings. The smallest absolute Gasteiger partial charge is 0.0939 e. The highest BCUT2D eigenvalue weighted by atomic mass is 16.5. The Morgan fingerprint density at radius 1 is 1.27 bits per heavy atom. The van der Waals surface area contributed by atoms with Crippen LogP contribution in [0.1, 0.15) is 26.2 Å². The monoisotopic (exact) mass is 210 g/mol. The predicted octanol–water partition coefficient (Wildman–Crippen LogP) is 0.944. The molecule has 0 aliphatic carbocycles. The van der Waals surface area contributed by atoms with Crippen LogP contribution in [-0.4, -0.2) is 60.8 Å². The van der Waals surface area contributed by atoms with Crippen LogP contribution in [0.25, 0.3) is 0 Å². The first-order valence-corrected chi connectivity index (χ1v) is 6.28. The highest BCUT2D eigenvalue weighted by Crippen LogP contribution is 2.37. The van der Waals surface area contributed by atoms with Crippen molar-refractivity contribution >= 4 is 0 Å². The number of fused-ring (bicyclic) bond motifs is 4. The lowest BCUT2D eigenvalue weighted by atomic mass is 9.83. The number of morpholine rings is 2. The third kappa shape index (κ3) is 1.61. The van der Waals surface area contributed by atoms with Gasteiger partial charge in [-0.15, -0.1) is 0 Å². The minimum atomic E-state index is 0.0936. The molecule has 15 heavy (non-hydrogen) atoms. The fourth-order valence-electron chi connectivity index (χ4n) is 3.84. The average Bonchev–Trinajstić information content (AvgIpc) is 2.15. The molecule has 2 bridgehead atoms.